The number of anilines is 1. The van der Waals surface area contributed by atoms with E-state index >= 15 is 0 Å². The van der Waals surface area contributed by atoms with Crippen molar-refractivity contribution in [2.24, 2.45) is 5.10 Å². The van der Waals surface area contributed by atoms with E-state index in [1.54, 1.807) is 20.1 Å². The molecule has 6 nitrogen and oxygen atoms in total. The number of aromatic nitrogens is 2. The molecule has 0 amide bonds. The molecule has 0 saturated heterocycles. The van der Waals surface area contributed by atoms with Crippen LogP contribution in [0.4, 0.5) is 5.95 Å². The van der Waals surface area contributed by atoms with Crippen molar-refractivity contribution in [2.45, 2.75) is 26.7 Å². The number of hydrogen-bond acceptors (Lipinski definition) is 5. The van der Waals surface area contributed by atoms with E-state index in [4.69, 9.17) is 4.74 Å². The third kappa shape index (κ3) is 5.54. The summed E-state index contributed by atoms with van der Waals surface area (Å²) in [4.78, 5) is 18.6. The van der Waals surface area contributed by atoms with Gasteiger partial charge < -0.3 is 4.74 Å². The van der Waals surface area contributed by atoms with E-state index in [0.29, 0.717) is 23.8 Å². The number of rotatable bonds is 8. The van der Waals surface area contributed by atoms with Gasteiger partial charge in [0.1, 0.15) is 5.75 Å². The molecule has 0 saturated carbocycles. The second-order valence-corrected chi connectivity index (χ2v) is 6.50. The lowest BCUT2D eigenvalue weighted by Crippen LogP contribution is -2.15. The van der Waals surface area contributed by atoms with Crippen LogP contribution in [0.3, 0.4) is 0 Å². The van der Waals surface area contributed by atoms with E-state index in [2.05, 4.69) is 44.8 Å². The highest BCUT2D eigenvalue weighted by Gasteiger charge is 2.02. The second kappa shape index (κ2) is 9.50. The van der Waals surface area contributed by atoms with Crippen molar-refractivity contribution in [1.82, 2.24) is 9.97 Å². The van der Waals surface area contributed by atoms with E-state index in [1.165, 1.54) is 5.56 Å². The molecule has 1 aromatic heterocycles. The Hall–Kier alpha value is -3.41. The number of hydrogen-bond donors (Lipinski definition) is 2. The summed E-state index contributed by atoms with van der Waals surface area (Å²) in [5.74, 6) is 1.15. The van der Waals surface area contributed by atoms with Gasteiger partial charge in [-0.1, -0.05) is 30.3 Å². The molecule has 2 N–H and O–H groups in total. The van der Waals surface area contributed by atoms with Gasteiger partial charge >= 0.3 is 0 Å². The SMILES string of the molecule is Cc1nc(N/N=C\c2ccc(OCCCc3ccccc3)cc2)[nH]c(=O)c1C. The van der Waals surface area contributed by atoms with Gasteiger partial charge in [-0.2, -0.15) is 5.10 Å². The number of ether oxygens (including phenoxy) is 1. The summed E-state index contributed by atoms with van der Waals surface area (Å²) in [6.45, 7) is 4.20. The van der Waals surface area contributed by atoms with Crippen molar-refractivity contribution in [3.8, 4) is 5.75 Å². The monoisotopic (exact) mass is 376 g/mol. The van der Waals surface area contributed by atoms with E-state index in [-0.39, 0.29) is 5.56 Å². The largest absolute Gasteiger partial charge is 0.494 e. The summed E-state index contributed by atoms with van der Waals surface area (Å²) in [5.41, 5.74) is 6.10. The molecule has 0 aliphatic carbocycles. The fraction of sp³-hybridized carbons (Fsp3) is 0.227. The van der Waals surface area contributed by atoms with Gasteiger partial charge in [0, 0.05) is 11.3 Å². The molecule has 144 valence electrons. The topological polar surface area (TPSA) is 79.4 Å². The minimum atomic E-state index is -0.168. The van der Waals surface area contributed by atoms with Crippen molar-refractivity contribution in [2.75, 3.05) is 12.0 Å². The molecular weight excluding hydrogens is 352 g/mol. The first-order valence-electron chi connectivity index (χ1n) is 9.25. The summed E-state index contributed by atoms with van der Waals surface area (Å²) in [6, 6.07) is 18.1. The van der Waals surface area contributed by atoms with Crippen LogP contribution in [-0.2, 0) is 6.42 Å². The maximum atomic E-state index is 11.7. The van der Waals surface area contributed by atoms with Crippen molar-refractivity contribution in [3.63, 3.8) is 0 Å². The summed E-state index contributed by atoms with van der Waals surface area (Å²) < 4.78 is 5.78. The van der Waals surface area contributed by atoms with Crippen LogP contribution in [-0.4, -0.2) is 22.8 Å². The summed E-state index contributed by atoms with van der Waals surface area (Å²) in [6.07, 6.45) is 3.64. The molecule has 0 aliphatic rings. The first-order chi connectivity index (χ1) is 13.6. The zero-order valence-corrected chi connectivity index (χ0v) is 16.1. The lowest BCUT2D eigenvalue weighted by Gasteiger charge is -2.06. The highest BCUT2D eigenvalue weighted by molar-refractivity contribution is 5.80. The minimum Gasteiger partial charge on any atom is -0.494 e. The first-order valence-corrected chi connectivity index (χ1v) is 9.25. The molecule has 0 radical (unpaired) electrons. The normalized spacial score (nSPS) is 10.9. The van der Waals surface area contributed by atoms with E-state index < -0.39 is 0 Å². The molecule has 0 aliphatic heterocycles. The fourth-order valence-corrected chi connectivity index (χ4v) is 2.63. The zero-order chi connectivity index (χ0) is 19.8. The van der Waals surface area contributed by atoms with Gasteiger partial charge in [-0.15, -0.1) is 0 Å². The Morgan fingerprint density at radius 3 is 2.57 bits per heavy atom. The quantitative estimate of drug-likeness (QED) is 0.356. The van der Waals surface area contributed by atoms with Crippen LogP contribution < -0.4 is 15.7 Å². The molecular formula is C22H24N4O2. The number of benzene rings is 2. The number of nitrogens with one attached hydrogen (secondary N) is 2. The summed E-state index contributed by atoms with van der Waals surface area (Å²) >= 11 is 0. The summed E-state index contributed by atoms with van der Waals surface area (Å²) in [5, 5.41) is 4.11. The fourth-order valence-electron chi connectivity index (χ4n) is 2.63. The molecule has 0 bridgehead atoms. The van der Waals surface area contributed by atoms with Crippen LogP contribution in [0.5, 0.6) is 5.75 Å². The molecule has 0 unspecified atom stereocenters. The maximum Gasteiger partial charge on any atom is 0.255 e. The molecule has 0 atom stereocenters. The number of aromatic amines is 1. The zero-order valence-electron chi connectivity index (χ0n) is 16.1. The molecule has 1 heterocycles. The highest BCUT2D eigenvalue weighted by atomic mass is 16.5. The highest BCUT2D eigenvalue weighted by Crippen LogP contribution is 2.12. The average Bonchev–Trinajstić information content (AvgIpc) is 2.71. The van der Waals surface area contributed by atoms with Gasteiger partial charge in [-0.3, -0.25) is 9.78 Å². The number of hydrazone groups is 1. The molecule has 2 aromatic carbocycles. The van der Waals surface area contributed by atoms with Gasteiger partial charge in [0.2, 0.25) is 5.95 Å². The third-order valence-electron chi connectivity index (χ3n) is 4.38. The lowest BCUT2D eigenvalue weighted by molar-refractivity contribution is 0.311. The van der Waals surface area contributed by atoms with Gasteiger partial charge in [0.25, 0.3) is 5.56 Å². The Bertz CT molecular complexity index is 980. The molecule has 0 spiro atoms. The standard InChI is InChI=1S/C22H24N4O2/c1-16-17(2)24-22(25-21(16)27)26-23-15-19-10-12-20(13-11-19)28-14-6-9-18-7-4-3-5-8-18/h3-5,7-8,10-13,15H,6,9,14H2,1-2H3,(H2,24,25,26,27)/b23-15-. The maximum absolute atomic E-state index is 11.7. The molecule has 28 heavy (non-hydrogen) atoms. The Labute approximate surface area is 164 Å². The van der Waals surface area contributed by atoms with E-state index in [0.717, 1.165) is 24.2 Å². The van der Waals surface area contributed by atoms with Crippen LogP contribution in [0.1, 0.15) is 28.8 Å². The van der Waals surface area contributed by atoms with Crippen LogP contribution in [0, 0.1) is 13.8 Å². The van der Waals surface area contributed by atoms with Crippen molar-refractivity contribution < 1.29 is 4.74 Å². The van der Waals surface area contributed by atoms with Crippen molar-refractivity contribution >= 4 is 12.2 Å². The Morgan fingerprint density at radius 1 is 1.11 bits per heavy atom. The Morgan fingerprint density at radius 2 is 1.86 bits per heavy atom. The van der Waals surface area contributed by atoms with Crippen LogP contribution in [0.15, 0.2) is 64.5 Å². The predicted octanol–water partition coefficient (Wildman–Crippen LogP) is 3.84. The minimum absolute atomic E-state index is 0.168. The Kier molecular flexibility index (Phi) is 6.57. The lowest BCUT2D eigenvalue weighted by atomic mass is 10.1. The van der Waals surface area contributed by atoms with Crippen molar-refractivity contribution in [3.05, 3.63) is 87.3 Å². The molecule has 6 heteroatoms. The van der Waals surface area contributed by atoms with Crippen LogP contribution in [0.25, 0.3) is 0 Å². The molecule has 0 fully saturated rings. The van der Waals surface area contributed by atoms with Crippen molar-refractivity contribution in [1.29, 1.82) is 0 Å². The number of aryl methyl sites for hydroxylation is 2. The smallest absolute Gasteiger partial charge is 0.255 e. The average molecular weight is 376 g/mol. The molecule has 3 aromatic rings. The van der Waals surface area contributed by atoms with Crippen LogP contribution in [0.2, 0.25) is 0 Å². The van der Waals surface area contributed by atoms with E-state index in [1.807, 2.05) is 30.3 Å². The van der Waals surface area contributed by atoms with Gasteiger partial charge in [-0.25, -0.2) is 10.4 Å². The second-order valence-electron chi connectivity index (χ2n) is 6.50. The van der Waals surface area contributed by atoms with Gasteiger partial charge in [-0.05, 0) is 62.1 Å². The third-order valence-corrected chi connectivity index (χ3v) is 4.38. The summed E-state index contributed by atoms with van der Waals surface area (Å²) in [7, 11) is 0. The van der Waals surface area contributed by atoms with E-state index in [9.17, 15) is 4.79 Å². The van der Waals surface area contributed by atoms with Crippen LogP contribution >= 0.6 is 0 Å². The number of nitrogens with zero attached hydrogens (tertiary/aromatic N) is 2. The Balaban J connectivity index is 1.46. The predicted molar refractivity (Wildman–Crippen MR) is 112 cm³/mol. The number of H-pyrrole nitrogens is 1. The van der Waals surface area contributed by atoms with Gasteiger partial charge in [0.05, 0.1) is 12.8 Å². The molecule has 3 rings (SSSR count). The van der Waals surface area contributed by atoms with Gasteiger partial charge in [0.15, 0.2) is 0 Å². The first kappa shape index (κ1) is 19.4.